The van der Waals surface area contributed by atoms with Crippen LogP contribution in [0.2, 0.25) is 0 Å². The molecule has 0 amide bonds. The molecule has 1 aliphatic heterocycles. The third kappa shape index (κ3) is 2.25. The van der Waals surface area contributed by atoms with E-state index in [9.17, 15) is 8.78 Å². The lowest BCUT2D eigenvalue weighted by atomic mass is 9.86. The van der Waals surface area contributed by atoms with Crippen LogP contribution in [-0.4, -0.2) is 24.6 Å². The van der Waals surface area contributed by atoms with Crippen molar-refractivity contribution in [2.45, 2.75) is 50.0 Å². The molecule has 0 N–H and O–H groups in total. The minimum absolute atomic E-state index is 0.0760. The molecule has 0 radical (unpaired) electrons. The van der Waals surface area contributed by atoms with Crippen LogP contribution in [0.1, 0.15) is 32.1 Å². The number of halogens is 2. The minimum Gasteiger partial charge on any atom is -0.360 e. The van der Waals surface area contributed by atoms with Gasteiger partial charge in [0.2, 0.25) is 0 Å². The number of allylic oxidation sites excluding steroid dienone is 1. The number of hydrogen-bond acceptors (Lipinski definition) is 2. The van der Waals surface area contributed by atoms with Gasteiger partial charge in [-0.3, -0.25) is 0 Å². The molecule has 2 aliphatic rings. The Labute approximate surface area is 93.9 Å². The summed E-state index contributed by atoms with van der Waals surface area (Å²) in [7, 11) is 0. The molecule has 2 nitrogen and oxygen atoms in total. The zero-order valence-electron chi connectivity index (χ0n) is 9.09. The number of alkyl halides is 2. The first kappa shape index (κ1) is 11.5. The standard InChI is InChI=1S/C12H15F2NO/c13-10-3-2-9(11(14)6-10)7-12(8-15)4-1-5-16-12/h2,10-11H,1,3-7H2. The molecule has 4 heteroatoms. The summed E-state index contributed by atoms with van der Waals surface area (Å²) < 4.78 is 31.9. The first-order chi connectivity index (χ1) is 7.65. The van der Waals surface area contributed by atoms with Crippen molar-refractivity contribution in [3.63, 3.8) is 0 Å². The van der Waals surface area contributed by atoms with E-state index in [4.69, 9.17) is 10.00 Å². The molecule has 0 aromatic heterocycles. The lowest BCUT2D eigenvalue weighted by Crippen LogP contribution is -2.30. The fourth-order valence-corrected chi connectivity index (χ4v) is 2.36. The summed E-state index contributed by atoms with van der Waals surface area (Å²) in [5.74, 6) is 0. The second kappa shape index (κ2) is 4.50. The fourth-order valence-electron chi connectivity index (χ4n) is 2.36. The maximum Gasteiger partial charge on any atom is 0.158 e. The minimum atomic E-state index is -1.25. The topological polar surface area (TPSA) is 33.0 Å². The molecule has 0 spiro atoms. The van der Waals surface area contributed by atoms with Crippen molar-refractivity contribution < 1.29 is 13.5 Å². The Morgan fingerprint density at radius 1 is 1.56 bits per heavy atom. The summed E-state index contributed by atoms with van der Waals surface area (Å²) in [6.07, 6.45) is 1.22. The Hall–Kier alpha value is -0.950. The molecule has 3 unspecified atom stereocenters. The molecular weight excluding hydrogens is 212 g/mol. The van der Waals surface area contributed by atoms with Gasteiger partial charge in [-0.15, -0.1) is 0 Å². The summed E-state index contributed by atoms with van der Waals surface area (Å²) in [6.45, 7) is 0.559. The molecule has 2 rings (SSSR count). The van der Waals surface area contributed by atoms with E-state index in [1.54, 1.807) is 6.08 Å². The zero-order valence-corrected chi connectivity index (χ0v) is 9.09. The van der Waals surface area contributed by atoms with Crippen LogP contribution in [0.15, 0.2) is 11.6 Å². The van der Waals surface area contributed by atoms with Gasteiger partial charge in [-0.1, -0.05) is 6.08 Å². The largest absolute Gasteiger partial charge is 0.360 e. The van der Waals surface area contributed by atoms with Crippen molar-refractivity contribution in [2.75, 3.05) is 6.61 Å². The van der Waals surface area contributed by atoms with Crippen LogP contribution in [0.5, 0.6) is 0 Å². The molecule has 88 valence electrons. The summed E-state index contributed by atoms with van der Waals surface area (Å²) >= 11 is 0. The molecule has 1 fully saturated rings. The van der Waals surface area contributed by atoms with Crippen LogP contribution in [0.25, 0.3) is 0 Å². The Balaban J connectivity index is 2.06. The normalized spacial score (nSPS) is 39.2. The monoisotopic (exact) mass is 227 g/mol. The number of hydrogen-bond donors (Lipinski definition) is 0. The van der Waals surface area contributed by atoms with Crippen LogP contribution in [0.3, 0.4) is 0 Å². The smallest absolute Gasteiger partial charge is 0.158 e. The highest BCUT2D eigenvalue weighted by atomic mass is 19.1. The first-order valence-corrected chi connectivity index (χ1v) is 5.67. The van der Waals surface area contributed by atoms with E-state index < -0.39 is 17.9 Å². The third-order valence-electron chi connectivity index (χ3n) is 3.30. The van der Waals surface area contributed by atoms with E-state index in [1.807, 2.05) is 0 Å². The van der Waals surface area contributed by atoms with E-state index >= 15 is 0 Å². The second-order valence-corrected chi connectivity index (χ2v) is 4.55. The SMILES string of the molecule is N#CC1(CC2=CCC(F)CC2F)CCCO1. The third-order valence-corrected chi connectivity index (χ3v) is 3.30. The maximum absolute atomic E-state index is 13.6. The van der Waals surface area contributed by atoms with Gasteiger partial charge in [0.25, 0.3) is 0 Å². The van der Waals surface area contributed by atoms with E-state index in [0.29, 0.717) is 18.6 Å². The fraction of sp³-hybridized carbons (Fsp3) is 0.750. The van der Waals surface area contributed by atoms with Gasteiger partial charge in [-0.25, -0.2) is 8.78 Å². The van der Waals surface area contributed by atoms with Gasteiger partial charge in [0.1, 0.15) is 12.3 Å². The summed E-state index contributed by atoms with van der Waals surface area (Å²) in [6, 6.07) is 2.13. The number of nitrogens with zero attached hydrogens (tertiary/aromatic N) is 1. The van der Waals surface area contributed by atoms with E-state index in [2.05, 4.69) is 6.07 Å². The molecule has 3 atom stereocenters. The predicted molar refractivity (Wildman–Crippen MR) is 55.3 cm³/mol. The van der Waals surface area contributed by atoms with Gasteiger partial charge in [0.05, 0.1) is 6.07 Å². The van der Waals surface area contributed by atoms with Crippen LogP contribution < -0.4 is 0 Å². The maximum atomic E-state index is 13.6. The Morgan fingerprint density at radius 3 is 2.94 bits per heavy atom. The Bertz CT molecular complexity index is 328. The van der Waals surface area contributed by atoms with Crippen molar-refractivity contribution in [1.29, 1.82) is 5.26 Å². The first-order valence-electron chi connectivity index (χ1n) is 5.67. The molecule has 1 heterocycles. The van der Waals surface area contributed by atoms with Crippen molar-refractivity contribution in [3.8, 4) is 6.07 Å². The Morgan fingerprint density at radius 2 is 2.38 bits per heavy atom. The zero-order chi connectivity index (χ0) is 11.6. The predicted octanol–water partition coefficient (Wildman–Crippen LogP) is 2.85. The van der Waals surface area contributed by atoms with Crippen molar-refractivity contribution in [1.82, 2.24) is 0 Å². The van der Waals surface area contributed by atoms with Crippen LogP contribution in [0.4, 0.5) is 8.78 Å². The molecule has 0 bridgehead atoms. The molecule has 16 heavy (non-hydrogen) atoms. The summed E-state index contributed by atoms with van der Waals surface area (Å²) in [5.41, 5.74) is -0.323. The molecule has 1 saturated heterocycles. The summed E-state index contributed by atoms with van der Waals surface area (Å²) in [4.78, 5) is 0. The van der Waals surface area contributed by atoms with Crippen molar-refractivity contribution in [2.24, 2.45) is 0 Å². The summed E-state index contributed by atoms with van der Waals surface area (Å²) in [5, 5.41) is 9.09. The van der Waals surface area contributed by atoms with E-state index in [0.717, 1.165) is 6.42 Å². The van der Waals surface area contributed by atoms with Gasteiger partial charge in [-0.05, 0) is 24.8 Å². The highest BCUT2D eigenvalue weighted by Crippen LogP contribution is 2.36. The van der Waals surface area contributed by atoms with E-state index in [1.165, 1.54) is 0 Å². The van der Waals surface area contributed by atoms with Gasteiger partial charge in [-0.2, -0.15) is 5.26 Å². The molecular formula is C12H15F2NO. The van der Waals surface area contributed by atoms with Gasteiger partial charge in [0, 0.05) is 19.4 Å². The average Bonchev–Trinajstić information content (AvgIpc) is 2.72. The van der Waals surface area contributed by atoms with Crippen LogP contribution in [-0.2, 0) is 4.74 Å². The van der Waals surface area contributed by atoms with E-state index in [-0.39, 0.29) is 19.3 Å². The highest BCUT2D eigenvalue weighted by Gasteiger charge is 2.38. The number of ether oxygens (including phenoxy) is 1. The average molecular weight is 227 g/mol. The molecule has 0 aromatic carbocycles. The van der Waals surface area contributed by atoms with Crippen molar-refractivity contribution in [3.05, 3.63) is 11.6 Å². The molecule has 0 saturated carbocycles. The van der Waals surface area contributed by atoms with Gasteiger partial charge >= 0.3 is 0 Å². The quantitative estimate of drug-likeness (QED) is 0.679. The lowest BCUT2D eigenvalue weighted by Gasteiger charge is -2.26. The Kier molecular flexibility index (Phi) is 3.25. The van der Waals surface area contributed by atoms with Crippen LogP contribution >= 0.6 is 0 Å². The van der Waals surface area contributed by atoms with Gasteiger partial charge in [0.15, 0.2) is 5.60 Å². The molecule has 0 aromatic rings. The number of nitriles is 1. The second-order valence-electron chi connectivity index (χ2n) is 4.55. The highest BCUT2D eigenvalue weighted by molar-refractivity contribution is 5.21. The van der Waals surface area contributed by atoms with Gasteiger partial charge < -0.3 is 4.74 Å². The van der Waals surface area contributed by atoms with Crippen molar-refractivity contribution >= 4 is 0 Å². The lowest BCUT2D eigenvalue weighted by molar-refractivity contribution is 0.0477. The number of rotatable bonds is 2. The van der Waals surface area contributed by atoms with Crippen LogP contribution in [0, 0.1) is 11.3 Å². The molecule has 1 aliphatic carbocycles.